The van der Waals surface area contributed by atoms with Gasteiger partial charge in [0.1, 0.15) is 0 Å². The van der Waals surface area contributed by atoms with Gasteiger partial charge in [-0.05, 0) is 19.1 Å². The van der Waals surface area contributed by atoms with Crippen molar-refractivity contribution in [3.05, 3.63) is 84.9 Å². The number of carbonyl (C=O) groups is 1. The molecule has 0 spiro atoms. The molecule has 0 saturated carbocycles. The highest BCUT2D eigenvalue weighted by Crippen LogP contribution is 2.22. The van der Waals surface area contributed by atoms with Gasteiger partial charge in [0.25, 0.3) is 0 Å². The van der Waals surface area contributed by atoms with E-state index in [9.17, 15) is 4.79 Å². The van der Waals surface area contributed by atoms with E-state index in [2.05, 4.69) is 11.6 Å². The summed E-state index contributed by atoms with van der Waals surface area (Å²) < 4.78 is 5.80. The van der Waals surface area contributed by atoms with Crippen LogP contribution in [0.4, 0.5) is 5.69 Å². The Balaban J connectivity index is 1.65. The third-order valence-corrected chi connectivity index (χ3v) is 4.12. The zero-order valence-corrected chi connectivity index (χ0v) is 14.9. The van der Waals surface area contributed by atoms with Crippen LogP contribution in [0.3, 0.4) is 0 Å². The number of carbonyl (C=O) groups excluding carboxylic acids is 1. The minimum absolute atomic E-state index is 0.0196. The Morgan fingerprint density at radius 2 is 1.88 bits per heavy atom. The average Bonchev–Trinajstić information content (AvgIpc) is 3.14. The number of anilines is 1. The molecule has 0 radical (unpaired) electrons. The highest BCUT2D eigenvalue weighted by Gasteiger charge is 2.15. The number of benzene rings is 2. The van der Waals surface area contributed by atoms with Crippen LogP contribution >= 0.6 is 0 Å². The van der Waals surface area contributed by atoms with Crippen LogP contribution < -0.4 is 4.90 Å². The van der Waals surface area contributed by atoms with Gasteiger partial charge in [-0.15, -0.1) is 6.58 Å². The molecule has 0 aliphatic heterocycles. The van der Waals surface area contributed by atoms with Crippen LogP contribution in [-0.2, 0) is 11.2 Å². The summed E-state index contributed by atoms with van der Waals surface area (Å²) in [6.07, 6.45) is 4.23. The van der Waals surface area contributed by atoms with Gasteiger partial charge in [0.05, 0.1) is 6.20 Å². The summed E-state index contributed by atoms with van der Waals surface area (Å²) in [5, 5.41) is 0. The van der Waals surface area contributed by atoms with Crippen molar-refractivity contribution >= 4 is 11.6 Å². The van der Waals surface area contributed by atoms with Crippen LogP contribution in [0.15, 0.2) is 77.9 Å². The van der Waals surface area contributed by atoms with Crippen molar-refractivity contribution in [1.82, 2.24) is 4.98 Å². The molecule has 4 heteroatoms. The number of nitrogens with zero attached hydrogens (tertiary/aromatic N) is 2. The lowest BCUT2D eigenvalue weighted by molar-refractivity contribution is -0.118. The van der Waals surface area contributed by atoms with E-state index in [0.29, 0.717) is 25.3 Å². The van der Waals surface area contributed by atoms with Gasteiger partial charge in [0, 0.05) is 30.6 Å². The molecule has 1 aromatic heterocycles. The first-order valence-electron chi connectivity index (χ1n) is 8.65. The fraction of sp³-hybridized carbons (Fsp3) is 0.182. The molecule has 0 bridgehead atoms. The first-order valence-corrected chi connectivity index (χ1v) is 8.65. The van der Waals surface area contributed by atoms with E-state index in [0.717, 1.165) is 17.0 Å². The molecule has 4 nitrogen and oxygen atoms in total. The van der Waals surface area contributed by atoms with Crippen LogP contribution in [0, 0.1) is 6.92 Å². The molecule has 26 heavy (non-hydrogen) atoms. The molecule has 0 aliphatic rings. The van der Waals surface area contributed by atoms with Crippen molar-refractivity contribution in [3.8, 4) is 11.3 Å². The number of aromatic nitrogens is 1. The third-order valence-electron chi connectivity index (χ3n) is 4.12. The quantitative estimate of drug-likeness (QED) is 0.577. The summed E-state index contributed by atoms with van der Waals surface area (Å²) in [5.41, 5.74) is 3.05. The van der Waals surface area contributed by atoms with E-state index in [1.807, 2.05) is 61.5 Å². The molecule has 0 N–H and O–H groups in total. The van der Waals surface area contributed by atoms with Gasteiger partial charge in [0.15, 0.2) is 11.7 Å². The van der Waals surface area contributed by atoms with Crippen molar-refractivity contribution < 1.29 is 9.21 Å². The van der Waals surface area contributed by atoms with E-state index in [-0.39, 0.29) is 5.91 Å². The van der Waals surface area contributed by atoms with Gasteiger partial charge < -0.3 is 9.32 Å². The van der Waals surface area contributed by atoms with Gasteiger partial charge in [0.2, 0.25) is 5.91 Å². The maximum atomic E-state index is 12.6. The van der Waals surface area contributed by atoms with E-state index in [4.69, 9.17) is 4.42 Å². The lowest BCUT2D eigenvalue weighted by atomic mass is 10.1. The van der Waals surface area contributed by atoms with Gasteiger partial charge >= 0.3 is 0 Å². The molecule has 2 aromatic carbocycles. The zero-order chi connectivity index (χ0) is 18.4. The van der Waals surface area contributed by atoms with Crippen LogP contribution in [0.1, 0.15) is 17.9 Å². The second-order valence-electron chi connectivity index (χ2n) is 6.11. The molecule has 1 heterocycles. The van der Waals surface area contributed by atoms with Gasteiger partial charge in [-0.25, -0.2) is 4.98 Å². The Kier molecular flexibility index (Phi) is 5.64. The molecule has 0 fully saturated rings. The number of hydrogen-bond acceptors (Lipinski definition) is 3. The molecule has 132 valence electrons. The lowest BCUT2D eigenvalue weighted by Crippen LogP contribution is -2.31. The summed E-state index contributed by atoms with van der Waals surface area (Å²) in [5.74, 6) is 1.31. The van der Waals surface area contributed by atoms with Gasteiger partial charge in [-0.3, -0.25) is 4.79 Å². The van der Waals surface area contributed by atoms with E-state index < -0.39 is 0 Å². The maximum Gasteiger partial charge on any atom is 0.227 e. The smallest absolute Gasteiger partial charge is 0.227 e. The Morgan fingerprint density at radius 3 is 2.58 bits per heavy atom. The third kappa shape index (κ3) is 4.28. The fourth-order valence-corrected chi connectivity index (χ4v) is 2.71. The van der Waals surface area contributed by atoms with E-state index in [1.165, 1.54) is 5.56 Å². The summed E-state index contributed by atoms with van der Waals surface area (Å²) in [6.45, 7) is 6.26. The normalized spacial score (nSPS) is 10.5. The molecule has 3 rings (SSSR count). The van der Waals surface area contributed by atoms with Crippen LogP contribution in [-0.4, -0.2) is 17.4 Å². The molecule has 1 amide bonds. The molecule has 0 unspecified atom stereocenters. The van der Waals surface area contributed by atoms with E-state index in [1.54, 1.807) is 17.2 Å². The predicted molar refractivity (Wildman–Crippen MR) is 104 cm³/mol. The second kappa shape index (κ2) is 8.30. The molecular formula is C22H22N2O2. The molecule has 0 saturated heterocycles. The Hall–Kier alpha value is -3.14. The molecule has 0 atom stereocenters. The van der Waals surface area contributed by atoms with Crippen molar-refractivity contribution in [1.29, 1.82) is 0 Å². The molecule has 0 aliphatic carbocycles. The summed E-state index contributed by atoms with van der Waals surface area (Å²) >= 11 is 0. The number of amides is 1. The Bertz CT molecular complexity index is 867. The minimum Gasteiger partial charge on any atom is -0.441 e. The first-order chi connectivity index (χ1) is 12.7. The minimum atomic E-state index is 0.0196. The van der Waals surface area contributed by atoms with Crippen molar-refractivity contribution in [2.75, 3.05) is 11.4 Å². The number of hydrogen-bond donors (Lipinski definition) is 0. The van der Waals surface area contributed by atoms with E-state index >= 15 is 0 Å². The largest absolute Gasteiger partial charge is 0.441 e. The number of para-hydroxylation sites is 1. The molecule has 3 aromatic rings. The number of rotatable bonds is 7. The van der Waals surface area contributed by atoms with Crippen LogP contribution in [0.5, 0.6) is 0 Å². The van der Waals surface area contributed by atoms with Crippen LogP contribution in [0.25, 0.3) is 11.3 Å². The second-order valence-corrected chi connectivity index (χ2v) is 6.11. The highest BCUT2D eigenvalue weighted by molar-refractivity contribution is 5.93. The summed E-state index contributed by atoms with van der Waals surface area (Å²) in [7, 11) is 0. The highest BCUT2D eigenvalue weighted by atomic mass is 16.4. The average molecular weight is 346 g/mol. The first kappa shape index (κ1) is 17.7. The molecular weight excluding hydrogens is 324 g/mol. The zero-order valence-electron chi connectivity index (χ0n) is 14.9. The SMILES string of the molecule is C=CCN(C(=O)CCc1ncc(-c2ccc(C)cc2)o1)c1ccccc1. The van der Waals surface area contributed by atoms with Crippen LogP contribution in [0.2, 0.25) is 0 Å². The van der Waals surface area contributed by atoms with Crippen molar-refractivity contribution in [3.63, 3.8) is 0 Å². The van der Waals surface area contributed by atoms with Crippen molar-refractivity contribution in [2.24, 2.45) is 0 Å². The topological polar surface area (TPSA) is 46.3 Å². The standard InChI is InChI=1S/C22H22N2O2/c1-3-15-24(19-7-5-4-6-8-19)22(25)14-13-21-23-16-20(26-21)18-11-9-17(2)10-12-18/h3-12,16H,1,13-15H2,2H3. The summed E-state index contributed by atoms with van der Waals surface area (Å²) in [6, 6.07) is 17.7. The number of oxazole rings is 1. The monoisotopic (exact) mass is 346 g/mol. The lowest BCUT2D eigenvalue weighted by Gasteiger charge is -2.21. The summed E-state index contributed by atoms with van der Waals surface area (Å²) in [4.78, 5) is 18.7. The van der Waals surface area contributed by atoms with Gasteiger partial charge in [-0.2, -0.15) is 0 Å². The maximum absolute atomic E-state index is 12.6. The van der Waals surface area contributed by atoms with Gasteiger partial charge in [-0.1, -0.05) is 54.1 Å². The Labute approximate surface area is 153 Å². The Morgan fingerprint density at radius 1 is 1.15 bits per heavy atom. The number of aryl methyl sites for hydroxylation is 2. The fourth-order valence-electron chi connectivity index (χ4n) is 2.71. The predicted octanol–water partition coefficient (Wildman–Crippen LogP) is 4.80. The van der Waals surface area contributed by atoms with Crippen molar-refractivity contribution in [2.45, 2.75) is 19.8 Å².